The Hall–Kier alpha value is -0.0800. The third-order valence-electron chi connectivity index (χ3n) is 3.36. The van der Waals surface area contributed by atoms with E-state index in [-0.39, 0.29) is 0 Å². The molecule has 0 aromatic carbocycles. The SMILES string of the molecule is Cn1nc(I)c(Cc2cnn(CC3CC3)c2Br)c1Cl. The highest BCUT2D eigenvalue weighted by Gasteiger charge is 2.24. The molecule has 1 fully saturated rings. The first-order valence-electron chi connectivity index (χ1n) is 6.13. The largest absolute Gasteiger partial charge is 0.258 e. The van der Waals surface area contributed by atoms with Crippen molar-refractivity contribution in [1.29, 1.82) is 0 Å². The number of hydrogen-bond acceptors (Lipinski definition) is 2. The molecule has 1 saturated carbocycles. The Morgan fingerprint density at radius 3 is 2.84 bits per heavy atom. The summed E-state index contributed by atoms with van der Waals surface area (Å²) in [4.78, 5) is 0. The van der Waals surface area contributed by atoms with E-state index in [9.17, 15) is 0 Å². The van der Waals surface area contributed by atoms with Crippen molar-refractivity contribution in [2.45, 2.75) is 25.8 Å². The molecule has 7 heteroatoms. The second-order valence-electron chi connectivity index (χ2n) is 4.95. The minimum absolute atomic E-state index is 0.700. The minimum Gasteiger partial charge on any atom is -0.258 e. The van der Waals surface area contributed by atoms with Crippen molar-refractivity contribution >= 4 is 50.1 Å². The average molecular weight is 456 g/mol. The highest BCUT2D eigenvalue weighted by molar-refractivity contribution is 14.1. The molecular formula is C12H13BrClIN4. The number of aryl methyl sites for hydroxylation is 1. The van der Waals surface area contributed by atoms with Crippen LogP contribution in [0.3, 0.4) is 0 Å². The van der Waals surface area contributed by atoms with Crippen LogP contribution in [-0.2, 0) is 20.0 Å². The molecule has 2 heterocycles. The van der Waals surface area contributed by atoms with Crippen LogP contribution >= 0.6 is 50.1 Å². The zero-order chi connectivity index (χ0) is 13.6. The molecular weight excluding hydrogens is 442 g/mol. The van der Waals surface area contributed by atoms with Gasteiger partial charge in [0.2, 0.25) is 0 Å². The molecule has 0 saturated heterocycles. The van der Waals surface area contributed by atoms with Gasteiger partial charge in [-0.05, 0) is 57.3 Å². The maximum atomic E-state index is 6.27. The second-order valence-corrected chi connectivity index (χ2v) is 7.08. The van der Waals surface area contributed by atoms with Gasteiger partial charge in [-0.25, -0.2) is 0 Å². The van der Waals surface area contributed by atoms with Crippen LogP contribution in [0.4, 0.5) is 0 Å². The third kappa shape index (κ3) is 2.85. The van der Waals surface area contributed by atoms with Crippen LogP contribution in [0, 0.1) is 9.62 Å². The Balaban J connectivity index is 1.84. The number of aromatic nitrogens is 4. The van der Waals surface area contributed by atoms with Crippen LogP contribution in [0.2, 0.25) is 5.15 Å². The zero-order valence-corrected chi connectivity index (χ0v) is 14.9. The third-order valence-corrected chi connectivity index (χ3v) is 5.62. The maximum absolute atomic E-state index is 6.27. The Labute approximate surface area is 138 Å². The lowest BCUT2D eigenvalue weighted by Gasteiger charge is -2.03. The summed E-state index contributed by atoms with van der Waals surface area (Å²) in [5.74, 6) is 0.811. The van der Waals surface area contributed by atoms with Gasteiger partial charge in [-0.3, -0.25) is 9.36 Å². The van der Waals surface area contributed by atoms with Gasteiger partial charge in [-0.2, -0.15) is 10.2 Å². The molecule has 0 unspecified atom stereocenters. The van der Waals surface area contributed by atoms with Crippen molar-refractivity contribution in [3.8, 4) is 0 Å². The van der Waals surface area contributed by atoms with E-state index in [1.54, 1.807) is 4.68 Å². The van der Waals surface area contributed by atoms with Crippen LogP contribution in [-0.4, -0.2) is 19.6 Å². The molecule has 0 N–H and O–H groups in total. The smallest absolute Gasteiger partial charge is 0.131 e. The number of nitrogens with zero attached hydrogens (tertiary/aromatic N) is 4. The Bertz CT molecular complexity index is 618. The van der Waals surface area contributed by atoms with Gasteiger partial charge in [0, 0.05) is 31.1 Å². The van der Waals surface area contributed by atoms with Crippen LogP contribution in [0.1, 0.15) is 24.0 Å². The van der Waals surface area contributed by atoms with Crippen LogP contribution in [0.5, 0.6) is 0 Å². The van der Waals surface area contributed by atoms with Gasteiger partial charge in [0.25, 0.3) is 0 Å². The molecule has 2 aromatic heterocycles. The van der Waals surface area contributed by atoms with Crippen LogP contribution < -0.4 is 0 Å². The molecule has 0 atom stereocenters. The molecule has 19 heavy (non-hydrogen) atoms. The van der Waals surface area contributed by atoms with Crippen LogP contribution in [0.15, 0.2) is 10.8 Å². The first-order chi connectivity index (χ1) is 9.06. The predicted octanol–water partition coefficient (Wildman–Crippen LogP) is 3.64. The Morgan fingerprint density at radius 1 is 1.53 bits per heavy atom. The normalized spacial score (nSPS) is 15.2. The van der Waals surface area contributed by atoms with Gasteiger partial charge in [-0.1, -0.05) is 11.6 Å². The molecule has 4 nitrogen and oxygen atoms in total. The summed E-state index contributed by atoms with van der Waals surface area (Å²) < 4.78 is 5.77. The molecule has 3 rings (SSSR count). The topological polar surface area (TPSA) is 35.6 Å². The molecule has 2 aromatic rings. The summed E-state index contributed by atoms with van der Waals surface area (Å²) in [7, 11) is 1.86. The number of hydrogen-bond donors (Lipinski definition) is 0. The lowest BCUT2D eigenvalue weighted by molar-refractivity contribution is 0.552. The number of halogens is 3. The van der Waals surface area contributed by atoms with Gasteiger partial charge in [0.05, 0.1) is 6.20 Å². The van der Waals surface area contributed by atoms with Crippen molar-refractivity contribution in [1.82, 2.24) is 19.6 Å². The summed E-state index contributed by atoms with van der Waals surface area (Å²) >= 11 is 12.1. The van der Waals surface area contributed by atoms with E-state index >= 15 is 0 Å². The van der Waals surface area contributed by atoms with E-state index in [1.165, 1.54) is 12.8 Å². The quantitative estimate of drug-likeness (QED) is 0.660. The van der Waals surface area contributed by atoms with E-state index < -0.39 is 0 Å². The minimum atomic E-state index is 0.700. The van der Waals surface area contributed by atoms with Crippen molar-refractivity contribution < 1.29 is 0 Å². The average Bonchev–Trinajstić information content (AvgIpc) is 3.08. The van der Waals surface area contributed by atoms with E-state index in [4.69, 9.17) is 11.6 Å². The van der Waals surface area contributed by atoms with Crippen molar-refractivity contribution in [3.63, 3.8) is 0 Å². The summed E-state index contributed by atoms with van der Waals surface area (Å²) in [5.41, 5.74) is 2.23. The first-order valence-corrected chi connectivity index (χ1v) is 8.38. The molecule has 0 aliphatic heterocycles. The van der Waals surface area contributed by atoms with Crippen LogP contribution in [0.25, 0.3) is 0 Å². The van der Waals surface area contributed by atoms with E-state index in [2.05, 4.69) is 48.7 Å². The molecule has 0 amide bonds. The standard InChI is InChI=1S/C12H13BrClIN4/c1-18-11(14)9(12(15)17-18)4-8-5-16-19(10(8)13)6-7-2-3-7/h5,7H,2-4,6H2,1H3. The number of rotatable bonds is 4. The summed E-state index contributed by atoms with van der Waals surface area (Å²) in [6.07, 6.45) is 5.34. The fourth-order valence-corrected chi connectivity index (χ4v) is 3.65. The molecule has 102 valence electrons. The summed E-state index contributed by atoms with van der Waals surface area (Å²) in [5, 5.41) is 9.49. The molecule has 1 aliphatic carbocycles. The fourth-order valence-electron chi connectivity index (χ4n) is 2.05. The molecule has 0 radical (unpaired) electrons. The molecule has 1 aliphatic rings. The monoisotopic (exact) mass is 454 g/mol. The van der Waals surface area contributed by atoms with Gasteiger partial charge in [0.15, 0.2) is 0 Å². The predicted molar refractivity (Wildman–Crippen MR) is 86.4 cm³/mol. The highest BCUT2D eigenvalue weighted by atomic mass is 127. The van der Waals surface area contributed by atoms with Gasteiger partial charge in [0.1, 0.15) is 13.5 Å². The van der Waals surface area contributed by atoms with Gasteiger partial charge in [-0.15, -0.1) is 0 Å². The van der Waals surface area contributed by atoms with Gasteiger partial charge < -0.3 is 0 Å². The highest BCUT2D eigenvalue weighted by Crippen LogP contribution is 2.33. The lowest BCUT2D eigenvalue weighted by atomic mass is 10.1. The fraction of sp³-hybridized carbons (Fsp3) is 0.500. The van der Waals surface area contributed by atoms with Gasteiger partial charge >= 0.3 is 0 Å². The summed E-state index contributed by atoms with van der Waals surface area (Å²) in [6.45, 7) is 1.01. The second kappa shape index (κ2) is 5.37. The molecule has 0 spiro atoms. The van der Waals surface area contributed by atoms with E-state index in [0.29, 0.717) is 5.15 Å². The lowest BCUT2D eigenvalue weighted by Crippen LogP contribution is -2.02. The Kier molecular flexibility index (Phi) is 3.92. The molecule has 0 bridgehead atoms. The Morgan fingerprint density at radius 2 is 2.26 bits per heavy atom. The van der Waals surface area contributed by atoms with E-state index in [1.807, 2.05) is 17.9 Å². The van der Waals surface area contributed by atoms with Crippen molar-refractivity contribution in [2.75, 3.05) is 0 Å². The van der Waals surface area contributed by atoms with Crippen molar-refractivity contribution in [3.05, 3.63) is 30.8 Å². The first kappa shape index (κ1) is 13.9. The summed E-state index contributed by atoms with van der Waals surface area (Å²) in [6, 6.07) is 0. The maximum Gasteiger partial charge on any atom is 0.131 e. The zero-order valence-electron chi connectivity index (χ0n) is 10.4. The van der Waals surface area contributed by atoms with Crippen molar-refractivity contribution in [2.24, 2.45) is 13.0 Å². The van der Waals surface area contributed by atoms with E-state index in [0.717, 1.165) is 38.3 Å².